The van der Waals surface area contributed by atoms with Crippen LogP contribution in [0.15, 0.2) is 91.0 Å². The summed E-state index contributed by atoms with van der Waals surface area (Å²) in [7, 11) is 3.70. The van der Waals surface area contributed by atoms with Crippen molar-refractivity contribution >= 4 is 65.8 Å². The number of unbranched alkanes of at least 4 members (excludes halogenated alkanes) is 8. The number of rotatable bonds is 64. The van der Waals surface area contributed by atoms with E-state index in [1.165, 1.54) is 47.0 Å². The molecule has 3 rings (SSSR count). The molecule has 0 aliphatic heterocycles. The fourth-order valence-corrected chi connectivity index (χ4v) is 11.3. The van der Waals surface area contributed by atoms with E-state index in [4.69, 9.17) is 68.7 Å². The molecule has 0 heterocycles. The molecule has 0 unspecified atom stereocenters. The average Bonchev–Trinajstić information content (AvgIpc) is 0.915. The predicted octanol–water partition coefficient (Wildman–Crippen LogP) is 9.70. The molecule has 3 aromatic rings. The summed E-state index contributed by atoms with van der Waals surface area (Å²) < 4.78 is 63.0. The fourth-order valence-electron chi connectivity index (χ4n) is 11.3. The molecule has 3 aromatic carbocycles. The van der Waals surface area contributed by atoms with Crippen molar-refractivity contribution in [1.29, 1.82) is 0 Å². The second kappa shape index (κ2) is 69.9. The Morgan fingerprint density at radius 3 is 0.941 bits per heavy atom. The number of nitrogens with zero attached hydrogens (tertiary/aromatic N) is 2. The molecule has 0 bridgehead atoms. The fraction of sp³-hybridized carbons (Fsp3) is 0.667. The van der Waals surface area contributed by atoms with Crippen molar-refractivity contribution in [3.05, 3.63) is 108 Å². The van der Waals surface area contributed by atoms with Crippen LogP contribution in [0.1, 0.15) is 193 Å². The maximum atomic E-state index is 12.6. The zero-order valence-corrected chi connectivity index (χ0v) is 72.4. The van der Waals surface area contributed by atoms with Crippen LogP contribution in [0, 0.1) is 17.8 Å². The number of esters is 6. The van der Waals surface area contributed by atoms with Crippen molar-refractivity contribution < 1.29 is 115 Å². The van der Waals surface area contributed by atoms with Gasteiger partial charge in [-0.1, -0.05) is 117 Å². The second-order valence-corrected chi connectivity index (χ2v) is 30.2. The van der Waals surface area contributed by atoms with Gasteiger partial charge in [-0.25, -0.2) is 9.59 Å². The number of benzene rings is 3. The number of ether oxygens (including phenoxy) is 12. The smallest absolute Gasteiger partial charge is 0.407 e. The van der Waals surface area contributed by atoms with Gasteiger partial charge in [0.05, 0.1) is 111 Å². The van der Waals surface area contributed by atoms with Crippen molar-refractivity contribution in [2.24, 2.45) is 29.2 Å². The molecule has 0 spiro atoms. The standard InChI is InChI=1S/C51H78N4O14.C21H46N4O4.C15H18O6/c1-51(2,3)69-50(62)54-28-32-65-34-35-66-33-31-55(29-16-8-14-26-52-44(56)24-22-42(48(60)63-4)36-46(58)67-38-40-18-10-6-11-19-40)30-17-9-15-27-53-45(57)25-23-43(49(61)64-5)37-47(59)68-39-41-20-12-7-13-21-41;1-21(2,3)29-20(26)24-12-16-27-18-19-28-17-15-25(13-8-4-6-10-22)14-9-5-7-11-23;1-20-15(19)12(7-8-13(16)17)9-14(18)21-10-11-5-3-2-4-6-11/h6-7,10-13,18-21,42-43H,8-9,14-17,22-39H2,1-5H3,(H,52,56)(H,53,57)(H,54,62);4-19,22-23H2,1-3H3,(H,24,26);2-6,12H,7-10H2,1H3,(H,16,17)/t42-,43+;;12-/m..1/s1. The number of aliphatic carboxylic acids is 1. The van der Waals surface area contributed by atoms with Gasteiger partial charge >= 0.3 is 54.0 Å². The monoisotopic (exact) mass is 1680 g/mol. The van der Waals surface area contributed by atoms with Gasteiger partial charge in [-0.2, -0.15) is 0 Å². The zero-order valence-electron chi connectivity index (χ0n) is 72.4. The van der Waals surface area contributed by atoms with E-state index in [2.05, 4.69) is 35.8 Å². The Morgan fingerprint density at radius 2 is 0.655 bits per heavy atom. The van der Waals surface area contributed by atoms with Crippen LogP contribution >= 0.6 is 0 Å². The quantitative estimate of drug-likeness (QED) is 0.0157. The van der Waals surface area contributed by atoms with Crippen LogP contribution in [0.3, 0.4) is 0 Å². The predicted molar refractivity (Wildman–Crippen MR) is 449 cm³/mol. The number of nitrogens with two attached hydrogens (primary N) is 2. The zero-order chi connectivity index (χ0) is 88.0. The van der Waals surface area contributed by atoms with Crippen molar-refractivity contribution in [2.75, 3.05) is 153 Å². The van der Waals surface area contributed by atoms with Gasteiger partial charge in [0.2, 0.25) is 11.8 Å². The Morgan fingerprint density at radius 1 is 0.361 bits per heavy atom. The van der Waals surface area contributed by atoms with Crippen molar-refractivity contribution in [3.8, 4) is 0 Å². The molecular weight excluding hydrogens is 1540 g/mol. The number of carboxylic acids is 1. The van der Waals surface area contributed by atoms with E-state index in [1.807, 2.05) is 112 Å². The average molecular weight is 1680 g/mol. The molecule has 32 nitrogen and oxygen atoms in total. The van der Waals surface area contributed by atoms with Crippen LogP contribution in [0.2, 0.25) is 0 Å². The van der Waals surface area contributed by atoms with Gasteiger partial charge in [0.25, 0.3) is 0 Å². The Labute approximate surface area is 705 Å². The number of carboxylic acid groups (broad SMARTS) is 1. The normalized spacial score (nSPS) is 11.9. The molecule has 0 aliphatic rings. The first-order chi connectivity index (χ1) is 57.1. The maximum Gasteiger partial charge on any atom is 0.407 e. The molecule has 0 saturated carbocycles. The van der Waals surface area contributed by atoms with Crippen LogP contribution in [-0.4, -0.2) is 245 Å². The summed E-state index contributed by atoms with van der Waals surface area (Å²) in [6.45, 7) is 23.8. The van der Waals surface area contributed by atoms with Crippen LogP contribution in [0.25, 0.3) is 0 Å². The second-order valence-electron chi connectivity index (χ2n) is 30.2. The van der Waals surface area contributed by atoms with Crippen molar-refractivity contribution in [2.45, 2.75) is 207 Å². The third kappa shape index (κ3) is 64.7. The highest BCUT2D eigenvalue weighted by molar-refractivity contribution is 5.83. The highest BCUT2D eigenvalue weighted by Crippen LogP contribution is 2.20. The largest absolute Gasteiger partial charge is 0.481 e. The molecule has 0 aromatic heterocycles. The molecule has 0 saturated heterocycles. The number of alkyl carbamates (subject to hydrolysis) is 2. The maximum absolute atomic E-state index is 12.6. The highest BCUT2D eigenvalue weighted by Gasteiger charge is 2.28. The lowest BCUT2D eigenvalue weighted by molar-refractivity contribution is -0.154. The van der Waals surface area contributed by atoms with E-state index >= 15 is 0 Å². The van der Waals surface area contributed by atoms with Gasteiger partial charge in [-0.3, -0.25) is 43.2 Å². The number of nitrogens with one attached hydrogen (secondary N) is 4. The van der Waals surface area contributed by atoms with Gasteiger partial charge < -0.3 is 104 Å². The number of carbonyl (C=O) groups excluding carboxylic acids is 10. The van der Waals surface area contributed by atoms with Crippen molar-refractivity contribution in [3.63, 3.8) is 0 Å². The Bertz CT molecular complexity index is 3090. The lowest BCUT2D eigenvalue weighted by Gasteiger charge is -2.22. The van der Waals surface area contributed by atoms with E-state index in [0.717, 1.165) is 114 Å². The van der Waals surface area contributed by atoms with E-state index in [-0.39, 0.29) is 89.4 Å². The third-order valence-electron chi connectivity index (χ3n) is 17.7. The van der Waals surface area contributed by atoms with E-state index in [0.29, 0.717) is 85.6 Å². The lowest BCUT2D eigenvalue weighted by Crippen LogP contribution is -2.34. The highest BCUT2D eigenvalue weighted by atomic mass is 16.6. The summed E-state index contributed by atoms with van der Waals surface area (Å²) in [6, 6.07) is 27.6. The summed E-state index contributed by atoms with van der Waals surface area (Å²) in [5.74, 6) is -7.16. The van der Waals surface area contributed by atoms with Gasteiger partial charge in [0.15, 0.2) is 0 Å². The van der Waals surface area contributed by atoms with E-state index in [1.54, 1.807) is 20.8 Å². The molecule has 32 heteroatoms. The number of amides is 4. The number of methoxy groups -OCH3 is 3. The molecule has 9 N–H and O–H groups in total. The summed E-state index contributed by atoms with van der Waals surface area (Å²) in [6.07, 6.45) is 10.8. The minimum Gasteiger partial charge on any atom is -0.481 e. The van der Waals surface area contributed by atoms with Crippen molar-refractivity contribution in [1.82, 2.24) is 31.1 Å². The first kappa shape index (κ1) is 108. The molecule has 3 atom stereocenters. The number of carbonyl (C=O) groups is 11. The van der Waals surface area contributed by atoms with Crippen LogP contribution in [0.5, 0.6) is 0 Å². The van der Waals surface area contributed by atoms with Gasteiger partial charge in [-0.05, 0) is 168 Å². The lowest BCUT2D eigenvalue weighted by atomic mass is 9.99. The SMILES string of the molecule is CC(C)(C)OC(=O)NCCOCCOCCN(CCCCCN)CCCCCN.COC(=O)[C@H](CCC(=O)NCCCCCN(CCCCCNC(=O)CC[C@@H](CC(=O)OCc1ccccc1)C(=O)OC)CCOCCOCCNC(=O)OC(C)(C)C)CC(=O)OCc1ccccc1.COC(=O)[C@H](CCC(=O)O)CC(=O)OCc1ccccc1. The van der Waals surface area contributed by atoms with Gasteiger partial charge in [-0.15, -0.1) is 0 Å². The molecule has 0 radical (unpaired) electrons. The number of hydrogen-bond acceptors (Lipinski definition) is 27. The Hall–Kier alpha value is -8.89. The molecular formula is C87H142N8O24. The topological polar surface area (TPSA) is 425 Å². The molecule has 0 aliphatic carbocycles. The Balaban J connectivity index is 0.00000115. The summed E-state index contributed by atoms with van der Waals surface area (Å²) in [5.41, 5.74) is 12.6. The molecule has 4 amide bonds. The third-order valence-corrected chi connectivity index (χ3v) is 17.7. The first-order valence-electron chi connectivity index (χ1n) is 41.8. The summed E-state index contributed by atoms with van der Waals surface area (Å²) >= 11 is 0. The molecule has 674 valence electrons. The molecule has 0 fully saturated rings. The van der Waals surface area contributed by atoms with E-state index < -0.39 is 82.9 Å². The van der Waals surface area contributed by atoms with Gasteiger partial charge in [0.1, 0.15) is 31.0 Å². The van der Waals surface area contributed by atoms with Crippen LogP contribution < -0.4 is 32.7 Å². The molecule has 119 heavy (non-hydrogen) atoms. The number of hydrogen-bond donors (Lipinski definition) is 7. The summed E-state index contributed by atoms with van der Waals surface area (Å²) in [5, 5.41) is 19.8. The van der Waals surface area contributed by atoms with Crippen LogP contribution in [0.4, 0.5) is 9.59 Å². The van der Waals surface area contributed by atoms with E-state index in [9.17, 15) is 52.7 Å². The first-order valence-corrected chi connectivity index (χ1v) is 41.8. The Kier molecular flexibility index (Phi) is 63.5. The van der Waals surface area contributed by atoms with Gasteiger partial charge in [0, 0.05) is 58.5 Å². The minimum absolute atomic E-state index is 0.0441. The summed E-state index contributed by atoms with van der Waals surface area (Å²) in [4.78, 5) is 137. The minimum atomic E-state index is -1.03. The van der Waals surface area contributed by atoms with Crippen LogP contribution in [-0.2, 0) is 120 Å².